The van der Waals surface area contributed by atoms with Crippen LogP contribution in [0.3, 0.4) is 0 Å². The number of esters is 1. The normalized spacial score (nSPS) is 18.1. The molecule has 43 heavy (non-hydrogen) atoms. The summed E-state index contributed by atoms with van der Waals surface area (Å²) in [6.45, 7) is 11.6. The van der Waals surface area contributed by atoms with Crippen molar-refractivity contribution < 1.29 is 47.0 Å². The molecule has 0 radical (unpaired) electrons. The second-order valence-electron chi connectivity index (χ2n) is 12.7. The van der Waals surface area contributed by atoms with Gasteiger partial charge >= 0.3 is 18.0 Å². The van der Waals surface area contributed by atoms with Crippen LogP contribution in [0, 0.1) is 11.8 Å². The Hall–Kier alpha value is -2.94. The third-order valence-corrected chi connectivity index (χ3v) is 7.79. The Labute approximate surface area is 255 Å². The van der Waals surface area contributed by atoms with Crippen molar-refractivity contribution in [2.45, 2.75) is 104 Å². The van der Waals surface area contributed by atoms with Crippen molar-refractivity contribution in [3.63, 3.8) is 0 Å². The lowest BCUT2D eigenvalue weighted by Crippen LogP contribution is -2.52. The minimum absolute atomic E-state index is 0.124. The quantitative estimate of drug-likeness (QED) is 0.143. The molecule has 0 aromatic heterocycles. The average molecular weight is 635 g/mol. The summed E-state index contributed by atoms with van der Waals surface area (Å²) in [6.07, 6.45) is 2.39. The SMILES string of the molecule is CCCCS(=O)(=O)N[C@@H](CNC(=O)[C@@H]1CN(C(=O)CCCCCNC(=O)OC(C)(C)C)C[C@H]1C(=O)O)C(=O)OC(C)(C)C. The van der Waals surface area contributed by atoms with Crippen LogP contribution in [-0.2, 0) is 38.7 Å². The molecule has 15 heteroatoms. The zero-order valence-electron chi connectivity index (χ0n) is 26.5. The summed E-state index contributed by atoms with van der Waals surface area (Å²) >= 11 is 0. The topological polar surface area (TPSA) is 198 Å². The molecular weight excluding hydrogens is 584 g/mol. The van der Waals surface area contributed by atoms with Crippen LogP contribution in [0.15, 0.2) is 0 Å². The van der Waals surface area contributed by atoms with E-state index in [0.717, 1.165) is 0 Å². The van der Waals surface area contributed by atoms with Crippen molar-refractivity contribution >= 4 is 39.9 Å². The van der Waals surface area contributed by atoms with Gasteiger partial charge in [0, 0.05) is 32.6 Å². The predicted molar refractivity (Wildman–Crippen MR) is 158 cm³/mol. The van der Waals surface area contributed by atoms with E-state index >= 15 is 0 Å². The van der Waals surface area contributed by atoms with Gasteiger partial charge in [0.05, 0.1) is 17.6 Å². The Balaban J connectivity index is 2.72. The van der Waals surface area contributed by atoms with Gasteiger partial charge in [-0.15, -0.1) is 0 Å². The van der Waals surface area contributed by atoms with Crippen LogP contribution >= 0.6 is 0 Å². The number of carboxylic acid groups (broad SMARTS) is 1. The van der Waals surface area contributed by atoms with Crippen LogP contribution in [0.2, 0.25) is 0 Å². The van der Waals surface area contributed by atoms with Gasteiger partial charge in [-0.25, -0.2) is 13.2 Å². The summed E-state index contributed by atoms with van der Waals surface area (Å²) in [4.78, 5) is 63.5. The van der Waals surface area contributed by atoms with Gasteiger partial charge in [0.15, 0.2) is 0 Å². The van der Waals surface area contributed by atoms with Gasteiger partial charge in [-0.2, -0.15) is 4.72 Å². The lowest BCUT2D eigenvalue weighted by atomic mass is 9.95. The first-order chi connectivity index (χ1) is 19.7. The standard InChI is InChI=1S/C28H50N4O10S/c1-8-9-15-43(39,40)31-21(25(37)41-27(2,3)4)16-30-23(34)19-17-32(18-20(19)24(35)36)22(33)13-11-10-12-14-29-26(38)42-28(5,6)7/h19-21,31H,8-18H2,1-7H3,(H,29,38)(H,30,34)(H,35,36)/t19-,20-,21+/m1/s1. The number of hydrogen-bond acceptors (Lipinski definition) is 9. The number of aliphatic carboxylic acids is 1. The number of amides is 3. The van der Waals surface area contributed by atoms with Gasteiger partial charge in [-0.1, -0.05) is 19.8 Å². The summed E-state index contributed by atoms with van der Waals surface area (Å²) < 4.78 is 37.7. The van der Waals surface area contributed by atoms with E-state index < -0.39 is 69.6 Å². The Morgan fingerprint density at radius 2 is 1.49 bits per heavy atom. The lowest BCUT2D eigenvalue weighted by Gasteiger charge is -2.25. The molecule has 14 nitrogen and oxygen atoms in total. The van der Waals surface area contributed by atoms with Crippen molar-refractivity contribution in [1.29, 1.82) is 0 Å². The summed E-state index contributed by atoms with van der Waals surface area (Å²) in [5, 5.41) is 14.9. The van der Waals surface area contributed by atoms with E-state index in [4.69, 9.17) is 9.47 Å². The molecule has 0 aromatic rings. The molecule has 248 valence electrons. The van der Waals surface area contributed by atoms with Crippen LogP contribution < -0.4 is 15.4 Å². The Morgan fingerprint density at radius 3 is 2.05 bits per heavy atom. The highest BCUT2D eigenvalue weighted by Gasteiger charge is 2.43. The zero-order valence-corrected chi connectivity index (χ0v) is 27.3. The number of sulfonamides is 1. The van der Waals surface area contributed by atoms with Gasteiger partial charge in [0.1, 0.15) is 17.2 Å². The number of carbonyl (C=O) groups excluding carboxylic acids is 4. The smallest absolute Gasteiger partial charge is 0.407 e. The second-order valence-corrected chi connectivity index (χ2v) is 14.6. The zero-order chi connectivity index (χ0) is 33.0. The molecule has 1 aliphatic heterocycles. The number of ether oxygens (including phenoxy) is 2. The van der Waals surface area contributed by atoms with Crippen LogP contribution in [0.5, 0.6) is 0 Å². The molecule has 1 fully saturated rings. The predicted octanol–water partition coefficient (Wildman–Crippen LogP) is 1.78. The monoisotopic (exact) mass is 634 g/mol. The van der Waals surface area contributed by atoms with Gasteiger partial charge in [-0.05, 0) is 60.8 Å². The first kappa shape index (κ1) is 38.1. The first-order valence-corrected chi connectivity index (χ1v) is 16.4. The molecule has 1 saturated heterocycles. The van der Waals surface area contributed by atoms with E-state index in [9.17, 15) is 37.5 Å². The van der Waals surface area contributed by atoms with E-state index in [-0.39, 0.29) is 31.2 Å². The molecule has 3 amide bonds. The molecule has 0 saturated carbocycles. The van der Waals surface area contributed by atoms with E-state index in [1.54, 1.807) is 41.5 Å². The van der Waals surface area contributed by atoms with Gasteiger partial charge in [0.2, 0.25) is 21.8 Å². The molecule has 0 bridgehead atoms. The maximum absolute atomic E-state index is 13.1. The van der Waals surface area contributed by atoms with E-state index in [0.29, 0.717) is 38.6 Å². The molecule has 0 unspecified atom stereocenters. The summed E-state index contributed by atoms with van der Waals surface area (Å²) in [5.41, 5.74) is -1.51. The third kappa shape index (κ3) is 15.4. The van der Waals surface area contributed by atoms with Crippen molar-refractivity contribution in [1.82, 2.24) is 20.3 Å². The molecular formula is C28H50N4O10S. The number of carboxylic acids is 1. The van der Waals surface area contributed by atoms with Crippen molar-refractivity contribution in [3.8, 4) is 0 Å². The number of unbranched alkanes of at least 4 members (excludes halogenated alkanes) is 3. The van der Waals surface area contributed by atoms with Crippen LogP contribution in [0.25, 0.3) is 0 Å². The highest BCUT2D eigenvalue weighted by molar-refractivity contribution is 7.89. The van der Waals surface area contributed by atoms with E-state index in [1.165, 1.54) is 4.90 Å². The number of nitrogens with one attached hydrogen (secondary N) is 3. The molecule has 0 aromatic carbocycles. The molecule has 3 atom stereocenters. The fourth-order valence-electron chi connectivity index (χ4n) is 4.25. The maximum atomic E-state index is 13.1. The number of rotatable bonds is 16. The van der Waals surface area contributed by atoms with Gasteiger partial charge < -0.3 is 30.1 Å². The van der Waals surface area contributed by atoms with Crippen molar-refractivity contribution in [2.75, 3.05) is 31.9 Å². The fourth-order valence-corrected chi connectivity index (χ4v) is 5.65. The third-order valence-electron chi connectivity index (χ3n) is 6.32. The number of carbonyl (C=O) groups is 5. The summed E-state index contributed by atoms with van der Waals surface area (Å²) in [5.74, 6) is -5.59. The molecule has 1 rings (SSSR count). The van der Waals surface area contributed by atoms with Crippen LogP contribution in [0.4, 0.5) is 4.79 Å². The molecule has 1 aliphatic rings. The second kappa shape index (κ2) is 16.8. The average Bonchev–Trinajstić information content (AvgIpc) is 3.31. The Kier molecular flexibility index (Phi) is 14.9. The maximum Gasteiger partial charge on any atom is 0.407 e. The number of nitrogens with zero attached hydrogens (tertiary/aromatic N) is 1. The number of hydrogen-bond donors (Lipinski definition) is 4. The van der Waals surface area contributed by atoms with E-state index in [1.807, 2.05) is 6.92 Å². The van der Waals surface area contributed by atoms with Crippen LogP contribution in [-0.4, -0.2) is 97.4 Å². The van der Waals surface area contributed by atoms with Gasteiger partial charge in [-0.3, -0.25) is 19.2 Å². The molecule has 0 aliphatic carbocycles. The van der Waals surface area contributed by atoms with E-state index in [2.05, 4.69) is 15.4 Å². The Bertz CT molecular complexity index is 1080. The largest absolute Gasteiger partial charge is 0.481 e. The minimum atomic E-state index is -3.86. The van der Waals surface area contributed by atoms with Crippen molar-refractivity contribution in [3.05, 3.63) is 0 Å². The summed E-state index contributed by atoms with van der Waals surface area (Å²) in [7, 11) is -3.86. The highest BCUT2D eigenvalue weighted by atomic mass is 32.2. The summed E-state index contributed by atoms with van der Waals surface area (Å²) in [6, 6.07) is -1.42. The lowest BCUT2D eigenvalue weighted by molar-refractivity contribution is -0.157. The Morgan fingerprint density at radius 1 is 0.884 bits per heavy atom. The van der Waals surface area contributed by atoms with Gasteiger partial charge in [0.25, 0.3) is 0 Å². The first-order valence-electron chi connectivity index (χ1n) is 14.7. The minimum Gasteiger partial charge on any atom is -0.481 e. The number of likely N-dealkylation sites (tertiary alicyclic amines) is 1. The molecule has 0 spiro atoms. The number of alkyl carbamates (subject to hydrolysis) is 1. The van der Waals surface area contributed by atoms with Crippen LogP contribution in [0.1, 0.15) is 87.0 Å². The fraction of sp³-hybridized carbons (Fsp3) is 0.821. The van der Waals surface area contributed by atoms with Crippen molar-refractivity contribution in [2.24, 2.45) is 11.8 Å². The molecule has 4 N–H and O–H groups in total. The molecule has 1 heterocycles. The highest BCUT2D eigenvalue weighted by Crippen LogP contribution is 2.25.